The predicted octanol–water partition coefficient (Wildman–Crippen LogP) is 0.550. The summed E-state index contributed by atoms with van der Waals surface area (Å²) in [6.07, 6.45) is 1.59. The van der Waals surface area contributed by atoms with Gasteiger partial charge in [0.25, 0.3) is 0 Å². The van der Waals surface area contributed by atoms with Crippen molar-refractivity contribution in [3.8, 4) is 0 Å². The molecule has 0 aromatic heterocycles. The maximum Gasteiger partial charge on any atom is 0.397 e. The van der Waals surface area contributed by atoms with E-state index in [2.05, 4.69) is 0 Å². The quantitative estimate of drug-likeness (QED) is 0.180. The first-order valence-corrected chi connectivity index (χ1v) is 14.5. The van der Waals surface area contributed by atoms with Crippen LogP contribution in [0.1, 0.15) is 65.2 Å². The second kappa shape index (κ2) is 9.84. The molecule has 0 aromatic rings. The predicted molar refractivity (Wildman–Crippen MR) is 129 cm³/mol. The van der Waals surface area contributed by atoms with Gasteiger partial charge in [-0.25, -0.2) is 4.18 Å². The lowest BCUT2D eigenvalue weighted by Crippen LogP contribution is -2.77. The van der Waals surface area contributed by atoms with Gasteiger partial charge in [0.15, 0.2) is 0 Å². The fourth-order valence-corrected chi connectivity index (χ4v) is 9.37. The summed E-state index contributed by atoms with van der Waals surface area (Å²) < 4.78 is 38.4. The van der Waals surface area contributed by atoms with E-state index >= 15 is 0 Å². The monoisotopic (exact) mass is 534 g/mol. The van der Waals surface area contributed by atoms with E-state index in [0.29, 0.717) is 38.5 Å². The zero-order chi connectivity index (χ0) is 26.7. The Labute approximate surface area is 213 Å². The molecule has 36 heavy (non-hydrogen) atoms. The molecular formula is C25H42O10S. The molecule has 0 aliphatic heterocycles. The van der Waals surface area contributed by atoms with E-state index in [-0.39, 0.29) is 37.2 Å². The number of aliphatic hydroxyl groups excluding tert-OH is 4. The Hall–Kier alpha value is -0.630. The molecule has 208 valence electrons. The highest BCUT2D eigenvalue weighted by Gasteiger charge is 2.77. The van der Waals surface area contributed by atoms with E-state index in [1.165, 1.54) is 0 Å². The summed E-state index contributed by atoms with van der Waals surface area (Å²) in [5, 5.41) is 65.7. The first-order valence-electron chi connectivity index (χ1n) is 13.1. The minimum atomic E-state index is -4.96. The zero-order valence-electron chi connectivity index (χ0n) is 21.0. The Bertz CT molecular complexity index is 941. The van der Waals surface area contributed by atoms with E-state index in [1.807, 2.05) is 19.9 Å². The van der Waals surface area contributed by atoms with Gasteiger partial charge in [-0.1, -0.05) is 26.0 Å². The van der Waals surface area contributed by atoms with Crippen molar-refractivity contribution in [3.63, 3.8) is 0 Å². The van der Waals surface area contributed by atoms with E-state index < -0.39 is 63.3 Å². The number of aliphatic hydroxyl groups is 6. The number of hydrogen-bond acceptors (Lipinski definition) is 9. The molecule has 0 aromatic carbocycles. The molecule has 4 fully saturated rings. The van der Waals surface area contributed by atoms with E-state index in [1.54, 1.807) is 6.08 Å². The molecule has 0 bridgehead atoms. The normalized spacial score (nSPS) is 49.9. The first-order chi connectivity index (χ1) is 16.7. The first kappa shape index (κ1) is 28.4. The van der Waals surface area contributed by atoms with Crippen molar-refractivity contribution in [2.75, 3.05) is 6.61 Å². The van der Waals surface area contributed by atoms with E-state index in [0.717, 1.165) is 0 Å². The van der Waals surface area contributed by atoms with Crippen molar-refractivity contribution in [2.45, 2.75) is 101 Å². The van der Waals surface area contributed by atoms with Crippen LogP contribution in [-0.4, -0.2) is 85.8 Å². The summed E-state index contributed by atoms with van der Waals surface area (Å²) in [4.78, 5) is 0. The van der Waals surface area contributed by atoms with Crippen molar-refractivity contribution >= 4 is 10.4 Å². The molecule has 4 rings (SSSR count). The molecule has 0 spiro atoms. The Morgan fingerprint density at radius 1 is 1.08 bits per heavy atom. The van der Waals surface area contributed by atoms with Crippen LogP contribution in [0, 0.1) is 35.0 Å². The molecule has 10 nitrogen and oxygen atoms in total. The molecule has 7 N–H and O–H groups in total. The van der Waals surface area contributed by atoms with Gasteiger partial charge in [0.1, 0.15) is 17.3 Å². The summed E-state index contributed by atoms with van der Waals surface area (Å²) in [7, 11) is -4.96. The number of allylic oxidation sites excluding steroid dienone is 1. The second-order valence-electron chi connectivity index (χ2n) is 12.0. The summed E-state index contributed by atoms with van der Waals surface area (Å²) in [6.45, 7) is 3.76. The van der Waals surface area contributed by atoms with Gasteiger partial charge >= 0.3 is 10.4 Å². The molecule has 4 aliphatic carbocycles. The fourth-order valence-electron chi connectivity index (χ4n) is 8.86. The molecule has 7 unspecified atom stereocenters. The highest BCUT2D eigenvalue weighted by atomic mass is 32.3. The Balaban J connectivity index is 1.74. The minimum absolute atomic E-state index is 0.00655. The molecule has 0 heterocycles. The van der Waals surface area contributed by atoms with Gasteiger partial charge in [-0.15, -0.1) is 0 Å². The summed E-state index contributed by atoms with van der Waals surface area (Å²) in [6, 6.07) is 0. The van der Waals surface area contributed by atoms with Crippen LogP contribution in [-0.2, 0) is 14.6 Å². The number of rotatable bonds is 7. The second-order valence-corrected chi connectivity index (χ2v) is 13.0. The summed E-state index contributed by atoms with van der Waals surface area (Å²) in [5.41, 5.74) is -5.00. The van der Waals surface area contributed by atoms with Gasteiger partial charge in [-0.3, -0.25) is 4.55 Å². The van der Waals surface area contributed by atoms with Gasteiger partial charge in [-0.05, 0) is 68.6 Å². The smallest absolute Gasteiger partial charge is 0.393 e. The number of hydrogen-bond donors (Lipinski definition) is 7. The Morgan fingerprint density at radius 2 is 1.78 bits per heavy atom. The third-order valence-electron chi connectivity index (χ3n) is 10.4. The van der Waals surface area contributed by atoms with Crippen LogP contribution in [0.5, 0.6) is 0 Å². The van der Waals surface area contributed by atoms with Crippen LogP contribution >= 0.6 is 0 Å². The van der Waals surface area contributed by atoms with Gasteiger partial charge in [0.05, 0.1) is 24.9 Å². The maximum atomic E-state index is 12.5. The van der Waals surface area contributed by atoms with E-state index in [9.17, 15) is 38.5 Å². The van der Waals surface area contributed by atoms with Gasteiger partial charge < -0.3 is 30.6 Å². The Morgan fingerprint density at radius 3 is 2.42 bits per heavy atom. The van der Waals surface area contributed by atoms with Crippen LogP contribution in [0.25, 0.3) is 0 Å². The minimum Gasteiger partial charge on any atom is -0.393 e. The average molecular weight is 535 g/mol. The van der Waals surface area contributed by atoms with Crippen LogP contribution < -0.4 is 0 Å². The van der Waals surface area contributed by atoms with Crippen LogP contribution in [0.15, 0.2) is 12.2 Å². The summed E-state index contributed by atoms with van der Waals surface area (Å²) in [5.74, 6) is -1.86. The van der Waals surface area contributed by atoms with Crippen molar-refractivity contribution in [1.82, 2.24) is 0 Å². The van der Waals surface area contributed by atoms with Crippen LogP contribution in [0.2, 0.25) is 0 Å². The van der Waals surface area contributed by atoms with Crippen molar-refractivity contribution < 1.29 is 47.8 Å². The number of fused-ring (bicyclic) bond motifs is 5. The van der Waals surface area contributed by atoms with E-state index in [4.69, 9.17) is 9.29 Å². The molecule has 4 saturated carbocycles. The van der Waals surface area contributed by atoms with Gasteiger partial charge in [0.2, 0.25) is 0 Å². The fraction of sp³-hybridized carbons (Fsp3) is 0.920. The summed E-state index contributed by atoms with van der Waals surface area (Å²) >= 11 is 0. The van der Waals surface area contributed by atoms with Crippen LogP contribution in [0.3, 0.4) is 0 Å². The largest absolute Gasteiger partial charge is 0.397 e. The molecular weight excluding hydrogens is 492 g/mol. The lowest BCUT2D eigenvalue weighted by molar-refractivity contribution is -0.319. The molecule has 12 atom stereocenters. The van der Waals surface area contributed by atoms with Gasteiger partial charge in [0, 0.05) is 17.8 Å². The highest BCUT2D eigenvalue weighted by molar-refractivity contribution is 7.80. The molecule has 0 amide bonds. The third-order valence-corrected chi connectivity index (χ3v) is 10.9. The Kier molecular flexibility index (Phi) is 7.76. The zero-order valence-corrected chi connectivity index (χ0v) is 21.8. The lowest BCUT2D eigenvalue weighted by Gasteiger charge is -2.66. The maximum absolute atomic E-state index is 12.5. The van der Waals surface area contributed by atoms with Crippen molar-refractivity contribution in [1.29, 1.82) is 0 Å². The standard InChI is InChI=1S/C25H42O10S/c1-14(6-4-3-5-11-26)17-12-20(35-36(32,33)34)25(31)23(17,2)10-9-16-15-7-8-18(27)22(29)21(15)19(28)13-24(16,25)30/h3,5,14-22,26-31H,4,6-13H2,1-2H3,(H,32,33,34)/b5-3+/t14?,15-,16-,17?,18?,19?,20?,21?,22?,23-,24+,25+/m1/s1. The van der Waals surface area contributed by atoms with Crippen molar-refractivity contribution in [3.05, 3.63) is 12.2 Å². The molecule has 11 heteroatoms. The van der Waals surface area contributed by atoms with Crippen molar-refractivity contribution in [2.24, 2.45) is 35.0 Å². The average Bonchev–Trinajstić information content (AvgIpc) is 3.01. The molecule has 0 saturated heterocycles. The van der Waals surface area contributed by atoms with Crippen LogP contribution in [0.4, 0.5) is 0 Å². The SMILES string of the molecule is CC(CC/C=C/CO)C1CC(OS(=O)(=O)O)[C@]2(O)[C@]1(C)CC[C@@H]1[C@H]3CCC(O)C(O)C3C(O)C[C@]12O. The van der Waals surface area contributed by atoms with Gasteiger partial charge in [-0.2, -0.15) is 8.42 Å². The molecule has 0 radical (unpaired) electrons. The topological polar surface area (TPSA) is 185 Å². The highest BCUT2D eigenvalue weighted by Crippen LogP contribution is 2.69. The molecule has 4 aliphatic rings. The third kappa shape index (κ3) is 4.28. The lowest BCUT2D eigenvalue weighted by atomic mass is 9.44.